The van der Waals surface area contributed by atoms with Gasteiger partial charge in [0.15, 0.2) is 35.4 Å². The van der Waals surface area contributed by atoms with E-state index in [1.165, 1.54) is 31.7 Å². The molecular weight excluding hydrogens is 472 g/mol. The third-order valence-corrected chi connectivity index (χ3v) is 5.17. The summed E-state index contributed by atoms with van der Waals surface area (Å²) < 4.78 is 23.4. The van der Waals surface area contributed by atoms with Gasteiger partial charge in [-0.25, -0.2) is 4.98 Å². The van der Waals surface area contributed by atoms with Crippen molar-refractivity contribution >= 4 is 40.6 Å². The van der Waals surface area contributed by atoms with Crippen LogP contribution in [0.1, 0.15) is 32.8 Å². The van der Waals surface area contributed by atoms with Gasteiger partial charge in [-0.2, -0.15) is 15.2 Å². The number of ether oxygens (including phenoxy) is 4. The van der Waals surface area contributed by atoms with E-state index in [1.807, 2.05) is 36.4 Å². The smallest absolute Gasteiger partial charge is 0.303 e. The zero-order valence-corrected chi connectivity index (χ0v) is 19.6. The monoisotopic (exact) mass is 494 g/mol. The van der Waals surface area contributed by atoms with Crippen LogP contribution in [-0.4, -0.2) is 62.3 Å². The second-order valence-corrected chi connectivity index (χ2v) is 7.84. The first-order valence-corrected chi connectivity index (χ1v) is 10.9. The number of nitrogens with one attached hydrogen (secondary N) is 1. The molecule has 3 heterocycles. The minimum Gasteiger partial charge on any atom is -0.463 e. The fourth-order valence-corrected chi connectivity index (χ4v) is 3.81. The summed E-state index contributed by atoms with van der Waals surface area (Å²) in [7, 11) is 0. The van der Waals surface area contributed by atoms with Crippen molar-refractivity contribution in [3.8, 4) is 6.07 Å². The Balaban J connectivity index is 1.78. The summed E-state index contributed by atoms with van der Waals surface area (Å²) in [6.45, 7) is 3.36. The number of anilines is 2. The highest BCUT2D eigenvalue weighted by molar-refractivity contribution is 5.85. The van der Waals surface area contributed by atoms with Crippen LogP contribution in [0, 0.1) is 11.3 Å². The number of imidazole rings is 1. The summed E-state index contributed by atoms with van der Waals surface area (Å²) in [5.41, 5.74) is 1.23. The predicted molar refractivity (Wildman–Crippen MR) is 121 cm³/mol. The van der Waals surface area contributed by atoms with Crippen LogP contribution in [0.4, 0.5) is 11.5 Å². The Labute approximate surface area is 205 Å². The van der Waals surface area contributed by atoms with E-state index >= 15 is 0 Å². The minimum atomic E-state index is -1.13. The van der Waals surface area contributed by atoms with Crippen molar-refractivity contribution in [2.24, 2.45) is 0 Å². The molecule has 13 nitrogen and oxygen atoms in total. The number of esters is 3. The lowest BCUT2D eigenvalue weighted by atomic mass is 10.1. The van der Waals surface area contributed by atoms with Crippen LogP contribution in [0.15, 0.2) is 36.7 Å². The SMILES string of the molecule is CC(=O)OCC1OC(n2cnc3c(Nc4ccccc4)nc(C#N)nc32)C(OC(C)=O)C1OC(C)=O. The molecule has 0 aliphatic carbocycles. The molecule has 4 rings (SSSR count). The summed E-state index contributed by atoms with van der Waals surface area (Å²) >= 11 is 0. The molecule has 1 N–H and O–H groups in total. The van der Waals surface area contributed by atoms with Gasteiger partial charge >= 0.3 is 17.9 Å². The maximum absolute atomic E-state index is 11.9. The molecule has 2 aromatic heterocycles. The first kappa shape index (κ1) is 24.6. The quantitative estimate of drug-likeness (QED) is 0.374. The van der Waals surface area contributed by atoms with Gasteiger partial charge in [-0.3, -0.25) is 19.0 Å². The molecule has 1 aromatic carbocycles. The van der Waals surface area contributed by atoms with E-state index < -0.39 is 42.4 Å². The number of benzene rings is 1. The zero-order chi connectivity index (χ0) is 25.8. The number of rotatable bonds is 7. The highest BCUT2D eigenvalue weighted by atomic mass is 16.7. The molecule has 1 aliphatic rings. The van der Waals surface area contributed by atoms with Crippen LogP contribution in [0.3, 0.4) is 0 Å². The molecular formula is C23H22N6O7. The fourth-order valence-electron chi connectivity index (χ4n) is 3.81. The van der Waals surface area contributed by atoms with Crippen LogP contribution < -0.4 is 5.32 Å². The molecule has 0 saturated carbocycles. The highest BCUT2D eigenvalue weighted by Crippen LogP contribution is 2.36. The normalized spacial score (nSPS) is 20.9. The molecule has 1 fully saturated rings. The lowest BCUT2D eigenvalue weighted by Gasteiger charge is -2.23. The molecule has 0 spiro atoms. The van der Waals surface area contributed by atoms with Crippen molar-refractivity contribution in [3.63, 3.8) is 0 Å². The van der Waals surface area contributed by atoms with Crippen molar-refractivity contribution in [1.82, 2.24) is 19.5 Å². The van der Waals surface area contributed by atoms with Crippen LogP contribution in [0.25, 0.3) is 11.2 Å². The van der Waals surface area contributed by atoms with Crippen LogP contribution >= 0.6 is 0 Å². The Morgan fingerprint density at radius 1 is 1.06 bits per heavy atom. The van der Waals surface area contributed by atoms with Gasteiger partial charge in [-0.05, 0) is 12.1 Å². The molecule has 4 unspecified atom stereocenters. The standard InChI is InChI=1S/C23H22N6O7/c1-12(30)33-10-16-19(34-13(2)31)20(35-14(3)32)23(36-16)29-11-25-18-21(26-15-7-5-4-6-8-15)27-17(9-24)28-22(18)29/h4-8,11,16,19-20,23H,10H2,1-3H3,(H,26,27,28). The molecule has 1 saturated heterocycles. The number of carbonyl (C=O) groups is 3. The second-order valence-electron chi connectivity index (χ2n) is 7.84. The Morgan fingerprint density at radius 3 is 2.39 bits per heavy atom. The number of carbonyl (C=O) groups excluding carboxylic acids is 3. The highest BCUT2D eigenvalue weighted by Gasteiger charge is 2.51. The maximum Gasteiger partial charge on any atom is 0.303 e. The third-order valence-electron chi connectivity index (χ3n) is 5.17. The molecule has 186 valence electrons. The molecule has 0 bridgehead atoms. The van der Waals surface area contributed by atoms with Crippen molar-refractivity contribution in [2.45, 2.75) is 45.3 Å². The summed E-state index contributed by atoms with van der Waals surface area (Å²) in [6, 6.07) is 11.1. The van der Waals surface area contributed by atoms with Crippen molar-refractivity contribution in [3.05, 3.63) is 42.5 Å². The third kappa shape index (κ3) is 5.23. The number of nitrogens with zero attached hydrogens (tertiary/aromatic N) is 5. The molecule has 0 radical (unpaired) electrons. The van der Waals surface area contributed by atoms with Gasteiger partial charge in [0.05, 0.1) is 6.33 Å². The van der Waals surface area contributed by atoms with E-state index in [9.17, 15) is 19.6 Å². The number of nitriles is 1. The van der Waals surface area contributed by atoms with E-state index in [0.717, 1.165) is 0 Å². The van der Waals surface area contributed by atoms with E-state index in [2.05, 4.69) is 20.3 Å². The van der Waals surface area contributed by atoms with E-state index in [0.29, 0.717) is 11.2 Å². The average Bonchev–Trinajstić information content (AvgIpc) is 3.39. The number of aromatic nitrogens is 4. The van der Waals surface area contributed by atoms with E-state index in [-0.39, 0.29) is 23.9 Å². The average molecular weight is 494 g/mol. The summed E-state index contributed by atoms with van der Waals surface area (Å²) in [6.07, 6.45) is -2.86. The maximum atomic E-state index is 11.9. The Kier molecular flexibility index (Phi) is 7.07. The van der Waals surface area contributed by atoms with Crippen LogP contribution in [0.5, 0.6) is 0 Å². The Hall–Kier alpha value is -4.57. The largest absolute Gasteiger partial charge is 0.463 e. The number of hydrogen-bond donors (Lipinski definition) is 1. The van der Waals surface area contributed by atoms with Crippen molar-refractivity contribution < 1.29 is 33.3 Å². The van der Waals surface area contributed by atoms with Gasteiger partial charge in [-0.15, -0.1) is 0 Å². The van der Waals surface area contributed by atoms with Gasteiger partial charge in [-0.1, -0.05) is 18.2 Å². The fraction of sp³-hybridized carbons (Fsp3) is 0.348. The van der Waals surface area contributed by atoms with Gasteiger partial charge in [0.1, 0.15) is 18.8 Å². The second kappa shape index (κ2) is 10.4. The molecule has 4 atom stereocenters. The van der Waals surface area contributed by atoms with Crippen molar-refractivity contribution in [1.29, 1.82) is 5.26 Å². The lowest BCUT2D eigenvalue weighted by molar-refractivity contribution is -0.166. The summed E-state index contributed by atoms with van der Waals surface area (Å²) in [5, 5.41) is 12.6. The predicted octanol–water partition coefficient (Wildman–Crippen LogP) is 1.77. The number of para-hydroxylation sites is 1. The van der Waals surface area contributed by atoms with Gasteiger partial charge in [0.2, 0.25) is 5.82 Å². The summed E-state index contributed by atoms with van der Waals surface area (Å²) in [5.74, 6) is -1.73. The molecule has 1 aliphatic heterocycles. The van der Waals surface area contributed by atoms with Gasteiger partial charge in [0.25, 0.3) is 0 Å². The molecule has 3 aromatic rings. The Morgan fingerprint density at radius 2 is 1.75 bits per heavy atom. The first-order valence-electron chi connectivity index (χ1n) is 10.9. The Bertz CT molecular complexity index is 1340. The number of fused-ring (bicyclic) bond motifs is 1. The number of hydrogen-bond acceptors (Lipinski definition) is 12. The van der Waals surface area contributed by atoms with Crippen molar-refractivity contribution in [2.75, 3.05) is 11.9 Å². The summed E-state index contributed by atoms with van der Waals surface area (Å²) in [4.78, 5) is 48.0. The van der Waals surface area contributed by atoms with E-state index in [4.69, 9.17) is 18.9 Å². The molecule has 36 heavy (non-hydrogen) atoms. The molecule has 13 heteroatoms. The molecule has 0 amide bonds. The van der Waals surface area contributed by atoms with Crippen LogP contribution in [-0.2, 0) is 33.3 Å². The van der Waals surface area contributed by atoms with E-state index in [1.54, 1.807) is 0 Å². The zero-order valence-electron chi connectivity index (χ0n) is 19.6. The van der Waals surface area contributed by atoms with Gasteiger partial charge < -0.3 is 24.3 Å². The minimum absolute atomic E-state index is 0.141. The van der Waals surface area contributed by atoms with Gasteiger partial charge in [0, 0.05) is 26.5 Å². The first-order chi connectivity index (χ1) is 17.3. The lowest BCUT2D eigenvalue weighted by Crippen LogP contribution is -2.40. The van der Waals surface area contributed by atoms with Crippen LogP contribution in [0.2, 0.25) is 0 Å². The topological polar surface area (TPSA) is 168 Å².